The first-order chi connectivity index (χ1) is 9.20. The van der Waals surface area contributed by atoms with Crippen LogP contribution >= 0.6 is 15.9 Å². The van der Waals surface area contributed by atoms with Gasteiger partial charge >= 0.3 is 0 Å². The Hall–Kier alpha value is -0.680. The quantitative estimate of drug-likeness (QED) is 0.828. The summed E-state index contributed by atoms with van der Waals surface area (Å²) in [6.45, 7) is 9.69. The highest BCUT2D eigenvalue weighted by Gasteiger charge is 2.34. The molecule has 1 aromatic rings. The van der Waals surface area contributed by atoms with Crippen molar-refractivity contribution in [2.24, 2.45) is 5.41 Å². The summed E-state index contributed by atoms with van der Waals surface area (Å²) in [6, 6.07) is 2.89. The second-order valence-corrected chi connectivity index (χ2v) is 7.46. The van der Waals surface area contributed by atoms with E-state index in [1.54, 1.807) is 0 Å². The maximum atomic E-state index is 14.2. The lowest BCUT2D eigenvalue weighted by Crippen LogP contribution is -2.60. The molecule has 0 amide bonds. The summed E-state index contributed by atoms with van der Waals surface area (Å²) in [4.78, 5) is 1.84. The Bertz CT molecular complexity index is 476. The summed E-state index contributed by atoms with van der Waals surface area (Å²) >= 11 is 3.12. The summed E-state index contributed by atoms with van der Waals surface area (Å²) < 4.78 is 28.7. The first-order valence-corrected chi connectivity index (χ1v) is 7.64. The molecule has 5 heteroatoms. The topological polar surface area (TPSA) is 15.3 Å². The first kappa shape index (κ1) is 15.7. The molecule has 0 radical (unpaired) electrons. The maximum absolute atomic E-state index is 14.2. The molecule has 1 saturated heterocycles. The van der Waals surface area contributed by atoms with E-state index < -0.39 is 11.6 Å². The van der Waals surface area contributed by atoms with Crippen LogP contribution in [0.4, 0.5) is 14.5 Å². The normalized spacial score (nSPS) is 24.1. The van der Waals surface area contributed by atoms with Crippen LogP contribution in [-0.2, 0) is 0 Å². The van der Waals surface area contributed by atoms with Gasteiger partial charge in [0.2, 0.25) is 0 Å². The van der Waals surface area contributed by atoms with Crippen LogP contribution in [0.3, 0.4) is 0 Å². The van der Waals surface area contributed by atoms with E-state index in [0.29, 0.717) is 11.0 Å². The third-order valence-corrected chi connectivity index (χ3v) is 4.34. The number of hydrogen-bond acceptors (Lipinski definition) is 2. The molecule has 1 aliphatic rings. The number of anilines is 1. The van der Waals surface area contributed by atoms with E-state index in [1.807, 2.05) is 11.8 Å². The molecule has 112 valence electrons. The number of nitrogens with zero attached hydrogens (tertiary/aromatic N) is 1. The molecule has 0 spiro atoms. The van der Waals surface area contributed by atoms with Crippen molar-refractivity contribution >= 4 is 21.6 Å². The molecule has 1 aromatic carbocycles. The average Bonchev–Trinajstić information content (AvgIpc) is 2.28. The van der Waals surface area contributed by atoms with Crippen molar-refractivity contribution in [1.29, 1.82) is 0 Å². The number of halogens is 3. The second-order valence-electron chi connectivity index (χ2n) is 6.55. The van der Waals surface area contributed by atoms with Crippen LogP contribution in [0.15, 0.2) is 16.6 Å². The van der Waals surface area contributed by atoms with Gasteiger partial charge in [-0.2, -0.15) is 0 Å². The van der Waals surface area contributed by atoms with Gasteiger partial charge < -0.3 is 10.2 Å². The Balaban J connectivity index is 2.35. The summed E-state index contributed by atoms with van der Waals surface area (Å²) in [6.07, 6.45) is 0. The fourth-order valence-electron chi connectivity index (χ4n) is 2.56. The lowest BCUT2D eigenvalue weighted by molar-refractivity contribution is 0.237. The number of rotatable bonds is 1. The zero-order valence-corrected chi connectivity index (χ0v) is 13.9. The number of nitrogens with one attached hydrogen (secondary N) is 1. The second kappa shape index (κ2) is 5.60. The molecule has 1 fully saturated rings. The van der Waals surface area contributed by atoms with Crippen LogP contribution in [0.5, 0.6) is 0 Å². The largest absolute Gasteiger partial charge is 0.361 e. The van der Waals surface area contributed by atoms with E-state index in [1.165, 1.54) is 12.1 Å². The zero-order chi connectivity index (χ0) is 15.1. The summed E-state index contributed by atoms with van der Waals surface area (Å²) in [7, 11) is 0. The van der Waals surface area contributed by atoms with Crippen LogP contribution in [-0.4, -0.2) is 25.2 Å². The van der Waals surface area contributed by atoms with Crippen molar-refractivity contribution in [1.82, 2.24) is 5.32 Å². The molecule has 2 atom stereocenters. The summed E-state index contributed by atoms with van der Waals surface area (Å²) in [5.74, 6) is -1.03. The van der Waals surface area contributed by atoms with E-state index in [2.05, 4.69) is 42.0 Å². The number of hydrogen-bond donors (Lipinski definition) is 1. The van der Waals surface area contributed by atoms with Gasteiger partial charge in [-0.25, -0.2) is 8.78 Å². The average molecular weight is 347 g/mol. The molecule has 1 aliphatic heterocycles. The molecule has 1 heterocycles. The molecule has 2 unspecified atom stereocenters. The van der Waals surface area contributed by atoms with E-state index >= 15 is 0 Å². The van der Waals surface area contributed by atoms with Gasteiger partial charge in [-0.1, -0.05) is 36.7 Å². The molecule has 0 aromatic heterocycles. The van der Waals surface area contributed by atoms with Crippen molar-refractivity contribution < 1.29 is 8.78 Å². The molecule has 1 N–H and O–H groups in total. The molecule has 0 aliphatic carbocycles. The molecule has 0 saturated carbocycles. The Morgan fingerprint density at radius 1 is 1.25 bits per heavy atom. The van der Waals surface area contributed by atoms with Crippen LogP contribution < -0.4 is 10.2 Å². The standard InChI is InChI=1S/C15H21BrF2N2/c1-9-7-19-13(15(2,3)4)8-20(9)14-11(17)5-10(16)6-12(14)18/h5-6,9,13,19H,7-8H2,1-4H3. The van der Waals surface area contributed by atoms with Crippen LogP contribution in [0.1, 0.15) is 27.7 Å². The third-order valence-electron chi connectivity index (χ3n) is 3.89. The molecule has 0 bridgehead atoms. The van der Waals surface area contributed by atoms with E-state index in [4.69, 9.17) is 0 Å². The monoisotopic (exact) mass is 346 g/mol. The molecular formula is C15H21BrF2N2. The smallest absolute Gasteiger partial charge is 0.150 e. The van der Waals surface area contributed by atoms with Crippen LogP contribution in [0, 0.1) is 17.0 Å². The summed E-state index contributed by atoms with van der Waals surface area (Å²) in [5.41, 5.74) is 0.122. The van der Waals surface area contributed by atoms with Crippen molar-refractivity contribution in [2.75, 3.05) is 18.0 Å². The molecular weight excluding hydrogens is 326 g/mol. The SMILES string of the molecule is CC1CNC(C(C)(C)C)CN1c1c(F)cc(Br)cc1F. The lowest BCUT2D eigenvalue weighted by Gasteiger charge is -2.45. The highest BCUT2D eigenvalue weighted by atomic mass is 79.9. The molecule has 2 rings (SSSR count). The molecule has 20 heavy (non-hydrogen) atoms. The Morgan fingerprint density at radius 3 is 2.30 bits per heavy atom. The number of benzene rings is 1. The van der Waals surface area contributed by atoms with Gasteiger partial charge in [0.15, 0.2) is 11.6 Å². The van der Waals surface area contributed by atoms with Crippen molar-refractivity contribution in [2.45, 2.75) is 39.8 Å². The van der Waals surface area contributed by atoms with Gasteiger partial charge in [0.25, 0.3) is 0 Å². The van der Waals surface area contributed by atoms with Crippen LogP contribution in [0.25, 0.3) is 0 Å². The van der Waals surface area contributed by atoms with E-state index in [-0.39, 0.29) is 23.2 Å². The maximum Gasteiger partial charge on any atom is 0.150 e. The lowest BCUT2D eigenvalue weighted by atomic mass is 9.84. The fraction of sp³-hybridized carbons (Fsp3) is 0.600. The van der Waals surface area contributed by atoms with Gasteiger partial charge in [0, 0.05) is 29.6 Å². The fourth-order valence-corrected chi connectivity index (χ4v) is 2.97. The van der Waals surface area contributed by atoms with Crippen molar-refractivity contribution in [3.63, 3.8) is 0 Å². The van der Waals surface area contributed by atoms with Gasteiger partial charge in [-0.05, 0) is 24.5 Å². The highest BCUT2D eigenvalue weighted by Crippen LogP contribution is 2.32. The minimum absolute atomic E-state index is 0.0424. The van der Waals surface area contributed by atoms with Gasteiger partial charge in [0.1, 0.15) is 5.69 Å². The Labute approximate surface area is 127 Å². The van der Waals surface area contributed by atoms with E-state index in [0.717, 1.165) is 6.54 Å². The Morgan fingerprint density at radius 2 is 1.80 bits per heavy atom. The molecule has 2 nitrogen and oxygen atoms in total. The van der Waals surface area contributed by atoms with Crippen molar-refractivity contribution in [3.05, 3.63) is 28.2 Å². The van der Waals surface area contributed by atoms with Crippen LogP contribution in [0.2, 0.25) is 0 Å². The predicted octanol–water partition coefficient (Wildman–Crippen LogP) is 3.94. The number of piperazine rings is 1. The first-order valence-electron chi connectivity index (χ1n) is 6.84. The zero-order valence-electron chi connectivity index (χ0n) is 12.3. The van der Waals surface area contributed by atoms with Gasteiger partial charge in [-0.3, -0.25) is 0 Å². The van der Waals surface area contributed by atoms with Crippen molar-refractivity contribution in [3.8, 4) is 0 Å². The minimum atomic E-state index is -0.515. The van der Waals surface area contributed by atoms with Gasteiger partial charge in [0.05, 0.1) is 0 Å². The predicted molar refractivity (Wildman–Crippen MR) is 82.1 cm³/mol. The summed E-state index contributed by atoms with van der Waals surface area (Å²) in [5, 5.41) is 3.46. The highest BCUT2D eigenvalue weighted by molar-refractivity contribution is 9.10. The minimum Gasteiger partial charge on any atom is -0.361 e. The van der Waals surface area contributed by atoms with E-state index in [9.17, 15) is 8.78 Å². The van der Waals surface area contributed by atoms with Gasteiger partial charge in [-0.15, -0.1) is 0 Å². The third kappa shape index (κ3) is 3.14. The Kier molecular flexibility index (Phi) is 4.40.